The van der Waals surface area contributed by atoms with Gasteiger partial charge in [0.1, 0.15) is 5.82 Å². The average Bonchev–Trinajstić information content (AvgIpc) is 3.07. The van der Waals surface area contributed by atoms with Crippen LogP contribution in [0.5, 0.6) is 0 Å². The normalized spacial score (nSPS) is 15.0. The highest BCUT2D eigenvalue weighted by Crippen LogP contribution is 2.31. The number of benzene rings is 3. The summed E-state index contributed by atoms with van der Waals surface area (Å²) in [6.45, 7) is 17.7. The van der Waals surface area contributed by atoms with E-state index in [-0.39, 0.29) is 23.6 Å². The van der Waals surface area contributed by atoms with Gasteiger partial charge in [-0.3, -0.25) is 19.8 Å². The zero-order valence-corrected chi connectivity index (χ0v) is 27.8. The lowest BCUT2D eigenvalue weighted by molar-refractivity contribution is 0.0710. The third-order valence-electron chi connectivity index (χ3n) is 8.76. The molecule has 1 unspecified atom stereocenters. The first-order valence-electron chi connectivity index (χ1n) is 16.2. The number of carbonyl (C=O) groups is 1. The van der Waals surface area contributed by atoms with E-state index in [9.17, 15) is 9.18 Å². The van der Waals surface area contributed by atoms with Gasteiger partial charge in [-0.1, -0.05) is 62.5 Å². The number of aromatic nitrogens is 1. The van der Waals surface area contributed by atoms with E-state index < -0.39 is 0 Å². The quantitative estimate of drug-likeness (QED) is 0.165. The van der Waals surface area contributed by atoms with Crippen LogP contribution in [-0.4, -0.2) is 40.3 Å². The van der Waals surface area contributed by atoms with E-state index >= 15 is 0 Å². The molecule has 0 bridgehead atoms. The van der Waals surface area contributed by atoms with Crippen molar-refractivity contribution in [2.75, 3.05) is 13.1 Å². The van der Waals surface area contributed by atoms with E-state index in [1.54, 1.807) is 6.07 Å². The molecule has 1 aliphatic rings. The molecular formula is C41H43FN4O. The molecule has 1 saturated heterocycles. The fourth-order valence-corrected chi connectivity index (χ4v) is 6.23. The molecule has 1 aromatic heterocycles. The first kappa shape index (κ1) is 33.4. The maximum Gasteiger partial charge on any atom is 0.253 e. The van der Waals surface area contributed by atoms with Gasteiger partial charge in [0.25, 0.3) is 5.91 Å². The highest BCUT2D eigenvalue weighted by atomic mass is 19.1. The number of allylic oxidation sites excluding steroid dienone is 2. The van der Waals surface area contributed by atoms with Crippen LogP contribution in [-0.2, 0) is 0 Å². The molecule has 5 rings (SSSR count). The summed E-state index contributed by atoms with van der Waals surface area (Å²) in [6, 6.07) is 26.2. The number of halogens is 1. The Morgan fingerprint density at radius 2 is 1.68 bits per heavy atom. The number of rotatable bonds is 10. The lowest BCUT2D eigenvalue weighted by atomic mass is 9.84. The first-order valence-corrected chi connectivity index (χ1v) is 16.2. The van der Waals surface area contributed by atoms with Crippen molar-refractivity contribution >= 4 is 23.0 Å². The van der Waals surface area contributed by atoms with Crippen LogP contribution in [0, 0.1) is 25.6 Å². The largest absolute Gasteiger partial charge is 0.339 e. The number of aryl methyl sites for hydroxylation is 2. The summed E-state index contributed by atoms with van der Waals surface area (Å²) in [5, 5.41) is 0. The van der Waals surface area contributed by atoms with E-state index in [1.807, 2.05) is 73.5 Å². The predicted molar refractivity (Wildman–Crippen MR) is 191 cm³/mol. The summed E-state index contributed by atoms with van der Waals surface area (Å²) < 4.78 is 14.1. The van der Waals surface area contributed by atoms with E-state index in [2.05, 4.69) is 55.2 Å². The Kier molecular flexibility index (Phi) is 10.7. The molecule has 1 fully saturated rings. The van der Waals surface area contributed by atoms with Gasteiger partial charge < -0.3 is 4.90 Å². The molecule has 240 valence electrons. The van der Waals surface area contributed by atoms with Crippen LogP contribution < -0.4 is 0 Å². The highest BCUT2D eigenvalue weighted by molar-refractivity contribution is 6.14. The second kappa shape index (κ2) is 15.1. The summed E-state index contributed by atoms with van der Waals surface area (Å²) in [5.74, 6) is 0.0734. The molecule has 0 saturated carbocycles. The van der Waals surface area contributed by atoms with E-state index in [1.165, 1.54) is 12.1 Å². The molecule has 4 aromatic rings. The van der Waals surface area contributed by atoms with Gasteiger partial charge in [-0.15, -0.1) is 0 Å². The minimum Gasteiger partial charge on any atom is -0.339 e. The summed E-state index contributed by atoms with van der Waals surface area (Å²) in [6.07, 6.45) is 4.20. The smallest absolute Gasteiger partial charge is 0.253 e. The van der Waals surface area contributed by atoms with Crippen molar-refractivity contribution in [1.29, 1.82) is 0 Å². The summed E-state index contributed by atoms with van der Waals surface area (Å²) in [5.41, 5.74) is 9.43. The Morgan fingerprint density at radius 1 is 0.936 bits per heavy atom. The number of nitrogens with zero attached hydrogens (tertiary/aromatic N) is 4. The number of amides is 1. The molecule has 1 atom stereocenters. The second-order valence-corrected chi connectivity index (χ2v) is 12.5. The maximum atomic E-state index is 14.1. The van der Waals surface area contributed by atoms with Crippen molar-refractivity contribution in [3.8, 4) is 0 Å². The molecular weight excluding hydrogens is 583 g/mol. The fourth-order valence-electron chi connectivity index (χ4n) is 6.23. The van der Waals surface area contributed by atoms with Crippen LogP contribution in [0.3, 0.4) is 0 Å². The second-order valence-electron chi connectivity index (χ2n) is 12.5. The first-order chi connectivity index (χ1) is 22.6. The fraction of sp³-hybridized carbons (Fsp3) is 0.268. The lowest BCUT2D eigenvalue weighted by Gasteiger charge is -2.33. The number of aliphatic imine (C=N–C) groups is 2. The minimum atomic E-state index is -0.330. The van der Waals surface area contributed by atoms with Crippen LogP contribution >= 0.6 is 0 Å². The van der Waals surface area contributed by atoms with Crippen molar-refractivity contribution < 1.29 is 9.18 Å². The SMILES string of the molecule is C=C(C)N=C(c1cccc(F)c1)c1ccc(C(=O)N2CCC(C(=Nc3ccccc3C)C(=C)CC(C)c3ccccn3)CC2)cc1C. The number of piperidine rings is 1. The number of pyridine rings is 1. The van der Waals surface area contributed by atoms with E-state index in [0.717, 1.165) is 58.6 Å². The molecule has 5 nitrogen and oxygen atoms in total. The number of hydrogen-bond acceptors (Lipinski definition) is 4. The zero-order chi connectivity index (χ0) is 33.5. The number of likely N-dealkylation sites (tertiary alicyclic amines) is 1. The summed E-state index contributed by atoms with van der Waals surface area (Å²) in [7, 11) is 0. The third-order valence-corrected chi connectivity index (χ3v) is 8.76. The molecule has 47 heavy (non-hydrogen) atoms. The van der Waals surface area contributed by atoms with Crippen molar-refractivity contribution in [2.45, 2.75) is 52.9 Å². The molecule has 0 N–H and O–H groups in total. The zero-order valence-electron chi connectivity index (χ0n) is 27.8. The Bertz CT molecular complexity index is 1830. The Balaban J connectivity index is 1.33. The molecule has 1 aliphatic heterocycles. The monoisotopic (exact) mass is 626 g/mol. The topological polar surface area (TPSA) is 57.9 Å². The van der Waals surface area contributed by atoms with Gasteiger partial charge in [-0.2, -0.15) is 0 Å². The van der Waals surface area contributed by atoms with Crippen LogP contribution in [0.4, 0.5) is 10.1 Å². The molecule has 0 radical (unpaired) electrons. The molecule has 6 heteroatoms. The minimum absolute atomic E-state index is 0.00207. The standard InChI is InChI=1S/C41H43FN4O/c1-27(2)44-40(33-13-11-14-35(42)26-33)36-18-17-34(25-29(36)4)41(47)46-22-19-32(20-23-46)39(45-38-16-8-7-12-28(38)3)31(6)24-30(5)37-15-9-10-21-43-37/h7-18,21,25-26,30,32H,1,6,19-20,22-24H2,2-5H3. The van der Waals surface area contributed by atoms with Gasteiger partial charge >= 0.3 is 0 Å². The summed E-state index contributed by atoms with van der Waals surface area (Å²) in [4.78, 5) is 30.1. The molecule has 0 aliphatic carbocycles. The van der Waals surface area contributed by atoms with Gasteiger partial charge in [0.2, 0.25) is 0 Å². The van der Waals surface area contributed by atoms with Crippen molar-refractivity contribution in [3.05, 3.63) is 155 Å². The van der Waals surface area contributed by atoms with Crippen LogP contribution in [0.15, 0.2) is 126 Å². The molecule has 1 amide bonds. The highest BCUT2D eigenvalue weighted by Gasteiger charge is 2.29. The third kappa shape index (κ3) is 8.25. The molecule has 0 spiro atoms. The summed E-state index contributed by atoms with van der Waals surface area (Å²) >= 11 is 0. The average molecular weight is 627 g/mol. The van der Waals surface area contributed by atoms with Crippen molar-refractivity contribution in [2.24, 2.45) is 15.9 Å². The molecule has 2 heterocycles. The van der Waals surface area contributed by atoms with Gasteiger partial charge in [0.15, 0.2) is 0 Å². The Morgan fingerprint density at radius 3 is 2.34 bits per heavy atom. The van der Waals surface area contributed by atoms with Gasteiger partial charge in [0, 0.05) is 64.9 Å². The van der Waals surface area contributed by atoms with E-state index in [4.69, 9.17) is 4.99 Å². The van der Waals surface area contributed by atoms with Crippen LogP contribution in [0.1, 0.15) is 77.3 Å². The Hall–Kier alpha value is -4.97. The number of carbonyl (C=O) groups excluding carboxylic acids is 1. The van der Waals surface area contributed by atoms with Crippen molar-refractivity contribution in [1.82, 2.24) is 9.88 Å². The van der Waals surface area contributed by atoms with Crippen molar-refractivity contribution in [3.63, 3.8) is 0 Å². The van der Waals surface area contributed by atoms with Gasteiger partial charge in [-0.05, 0) is 99.2 Å². The molecule has 3 aromatic carbocycles. The van der Waals surface area contributed by atoms with Crippen LogP contribution in [0.2, 0.25) is 0 Å². The number of para-hydroxylation sites is 1. The number of hydrogen-bond donors (Lipinski definition) is 0. The Labute approximate surface area is 278 Å². The maximum absolute atomic E-state index is 14.1. The lowest BCUT2D eigenvalue weighted by Crippen LogP contribution is -2.40. The van der Waals surface area contributed by atoms with E-state index in [0.29, 0.717) is 35.6 Å². The van der Waals surface area contributed by atoms with Gasteiger partial charge in [-0.25, -0.2) is 4.39 Å². The van der Waals surface area contributed by atoms with Crippen LogP contribution in [0.25, 0.3) is 0 Å². The van der Waals surface area contributed by atoms with Gasteiger partial charge in [0.05, 0.1) is 11.4 Å². The predicted octanol–water partition coefficient (Wildman–Crippen LogP) is 9.58.